The molecule has 5 amide bonds. The number of rotatable bonds is 7. The van der Waals surface area contributed by atoms with Crippen molar-refractivity contribution in [2.45, 2.75) is 26.7 Å². The normalized spacial score (nSPS) is 14.0. The quantitative estimate of drug-likeness (QED) is 0.437. The topological polar surface area (TPSA) is 113 Å². The third kappa shape index (κ3) is 4.30. The summed E-state index contributed by atoms with van der Waals surface area (Å²) in [6.07, 6.45) is 1.33. The van der Waals surface area contributed by atoms with Crippen LogP contribution >= 0.6 is 0 Å². The van der Waals surface area contributed by atoms with Crippen molar-refractivity contribution >= 4 is 35.4 Å². The summed E-state index contributed by atoms with van der Waals surface area (Å²) in [5, 5.41) is 2.55. The second kappa shape index (κ2) is 8.43. The highest BCUT2D eigenvalue weighted by Crippen LogP contribution is 2.18. The molecule has 1 N–H and O–H groups in total. The maximum absolute atomic E-state index is 12.3. The van der Waals surface area contributed by atoms with E-state index in [-0.39, 0.29) is 12.1 Å². The molecule has 2 rings (SSSR count). The van der Waals surface area contributed by atoms with E-state index in [2.05, 4.69) is 10.1 Å². The van der Waals surface area contributed by atoms with Gasteiger partial charge in [0.05, 0.1) is 12.7 Å². The molecule has 0 bridgehead atoms. The third-order valence-electron chi connectivity index (χ3n) is 4.10. The Kier molecular flexibility index (Phi) is 6.27. The fourth-order valence-corrected chi connectivity index (χ4v) is 2.54. The Morgan fingerprint density at radius 2 is 1.78 bits per heavy atom. The van der Waals surface area contributed by atoms with Crippen LogP contribution in [-0.2, 0) is 19.1 Å². The standard InChI is InChI=1S/C18H21N3O6/c1-4-5-8-20-15(23)16(24)21(18(20)26)10-14(22)19-13-9-12(17(25)27-3)7-6-11(13)2/h6-7,9H,4-5,8,10H2,1-3H3,(H,19,22). The second-order valence-corrected chi connectivity index (χ2v) is 6.05. The largest absolute Gasteiger partial charge is 0.465 e. The number of esters is 1. The van der Waals surface area contributed by atoms with Crippen molar-refractivity contribution in [3.63, 3.8) is 0 Å². The van der Waals surface area contributed by atoms with E-state index in [0.717, 1.165) is 11.3 Å². The SMILES string of the molecule is CCCCN1C(=O)C(=O)N(CC(=O)Nc2cc(C(=O)OC)ccc2C)C1=O. The molecule has 27 heavy (non-hydrogen) atoms. The summed E-state index contributed by atoms with van der Waals surface area (Å²) < 4.78 is 4.64. The van der Waals surface area contributed by atoms with Crippen LogP contribution < -0.4 is 5.32 Å². The van der Waals surface area contributed by atoms with Gasteiger partial charge in [-0.3, -0.25) is 19.3 Å². The van der Waals surface area contributed by atoms with Crippen molar-refractivity contribution < 1.29 is 28.7 Å². The van der Waals surface area contributed by atoms with Crippen LogP contribution in [0, 0.1) is 6.92 Å². The average molecular weight is 375 g/mol. The number of imide groups is 2. The molecule has 1 aromatic carbocycles. The number of hydrogen-bond acceptors (Lipinski definition) is 6. The molecule has 9 heteroatoms. The van der Waals surface area contributed by atoms with Crippen LogP contribution in [0.4, 0.5) is 10.5 Å². The summed E-state index contributed by atoms with van der Waals surface area (Å²) in [6.45, 7) is 3.16. The van der Waals surface area contributed by atoms with E-state index in [4.69, 9.17) is 0 Å². The van der Waals surface area contributed by atoms with E-state index in [1.54, 1.807) is 19.1 Å². The van der Waals surface area contributed by atoms with Gasteiger partial charge in [-0.15, -0.1) is 0 Å². The summed E-state index contributed by atoms with van der Waals surface area (Å²) >= 11 is 0. The van der Waals surface area contributed by atoms with Crippen LogP contribution in [0.2, 0.25) is 0 Å². The molecule has 1 fully saturated rings. The van der Waals surface area contributed by atoms with Crippen LogP contribution in [0.5, 0.6) is 0 Å². The zero-order chi connectivity index (χ0) is 20.1. The van der Waals surface area contributed by atoms with Gasteiger partial charge in [-0.1, -0.05) is 19.4 Å². The first-order valence-corrected chi connectivity index (χ1v) is 8.46. The fraction of sp³-hybridized carbons (Fsp3) is 0.389. The van der Waals surface area contributed by atoms with Gasteiger partial charge < -0.3 is 10.1 Å². The molecule has 0 saturated carbocycles. The molecule has 1 aliphatic heterocycles. The predicted octanol–water partition coefficient (Wildman–Crippen LogP) is 1.31. The molecule has 0 radical (unpaired) electrons. The van der Waals surface area contributed by atoms with E-state index in [1.807, 2.05) is 6.92 Å². The Bertz CT molecular complexity index is 804. The maximum atomic E-state index is 12.3. The Hall–Kier alpha value is -3.23. The van der Waals surface area contributed by atoms with Crippen LogP contribution in [0.3, 0.4) is 0 Å². The van der Waals surface area contributed by atoms with Crippen molar-refractivity contribution in [1.82, 2.24) is 9.80 Å². The summed E-state index contributed by atoms with van der Waals surface area (Å²) in [5.74, 6) is -3.17. The molecular weight excluding hydrogens is 354 g/mol. The molecule has 0 atom stereocenters. The van der Waals surface area contributed by atoms with Gasteiger partial charge in [-0.25, -0.2) is 14.5 Å². The molecule has 1 saturated heterocycles. The van der Waals surface area contributed by atoms with Crippen molar-refractivity contribution in [2.75, 3.05) is 25.5 Å². The van der Waals surface area contributed by atoms with Crippen molar-refractivity contribution in [1.29, 1.82) is 0 Å². The lowest BCUT2D eigenvalue weighted by molar-refractivity contribution is -0.143. The van der Waals surface area contributed by atoms with Gasteiger partial charge in [0.15, 0.2) is 0 Å². The smallest absolute Gasteiger partial charge is 0.337 e. The number of hydrogen-bond donors (Lipinski definition) is 1. The van der Waals surface area contributed by atoms with E-state index in [0.29, 0.717) is 22.6 Å². The van der Waals surface area contributed by atoms with E-state index in [9.17, 15) is 24.0 Å². The number of aryl methyl sites for hydroxylation is 1. The number of benzene rings is 1. The first kappa shape index (κ1) is 20.1. The van der Waals surface area contributed by atoms with E-state index in [1.165, 1.54) is 13.2 Å². The molecule has 0 aliphatic carbocycles. The summed E-state index contributed by atoms with van der Waals surface area (Å²) in [7, 11) is 1.24. The van der Waals surface area contributed by atoms with Gasteiger partial charge >= 0.3 is 23.8 Å². The summed E-state index contributed by atoms with van der Waals surface area (Å²) in [5.41, 5.74) is 1.26. The predicted molar refractivity (Wildman–Crippen MR) is 94.9 cm³/mol. The summed E-state index contributed by atoms with van der Waals surface area (Å²) in [4.78, 5) is 61.5. The highest BCUT2D eigenvalue weighted by molar-refractivity contribution is 6.45. The Labute approximate surface area is 156 Å². The average Bonchev–Trinajstić information content (AvgIpc) is 2.84. The number of carbonyl (C=O) groups excluding carboxylic acids is 5. The van der Waals surface area contributed by atoms with E-state index < -0.39 is 36.3 Å². The first-order chi connectivity index (χ1) is 12.8. The van der Waals surface area contributed by atoms with Gasteiger partial charge in [-0.2, -0.15) is 0 Å². The minimum Gasteiger partial charge on any atom is -0.465 e. The van der Waals surface area contributed by atoms with Crippen LogP contribution in [0.25, 0.3) is 0 Å². The minimum atomic E-state index is -1.02. The molecular formula is C18H21N3O6. The highest BCUT2D eigenvalue weighted by atomic mass is 16.5. The molecule has 0 spiro atoms. The third-order valence-corrected chi connectivity index (χ3v) is 4.10. The summed E-state index contributed by atoms with van der Waals surface area (Å²) in [6, 6.07) is 3.82. The number of urea groups is 1. The van der Waals surface area contributed by atoms with Crippen LogP contribution in [-0.4, -0.2) is 59.7 Å². The number of methoxy groups -OCH3 is 1. The van der Waals surface area contributed by atoms with Crippen molar-refractivity contribution in [3.8, 4) is 0 Å². The zero-order valence-corrected chi connectivity index (χ0v) is 15.4. The lowest BCUT2D eigenvalue weighted by atomic mass is 10.1. The van der Waals surface area contributed by atoms with Gasteiger partial charge in [0.1, 0.15) is 6.54 Å². The van der Waals surface area contributed by atoms with Gasteiger partial charge in [0.25, 0.3) is 0 Å². The fourth-order valence-electron chi connectivity index (χ4n) is 2.54. The lowest BCUT2D eigenvalue weighted by Gasteiger charge is -2.16. The van der Waals surface area contributed by atoms with Crippen LogP contribution in [0.15, 0.2) is 18.2 Å². The van der Waals surface area contributed by atoms with Crippen molar-refractivity contribution in [3.05, 3.63) is 29.3 Å². The number of nitrogens with one attached hydrogen (secondary N) is 1. The van der Waals surface area contributed by atoms with Gasteiger partial charge in [-0.05, 0) is 31.0 Å². The molecule has 0 aromatic heterocycles. The molecule has 144 valence electrons. The molecule has 9 nitrogen and oxygen atoms in total. The number of amides is 5. The Morgan fingerprint density at radius 3 is 2.41 bits per heavy atom. The maximum Gasteiger partial charge on any atom is 0.337 e. The number of anilines is 1. The van der Waals surface area contributed by atoms with Gasteiger partial charge in [0, 0.05) is 12.2 Å². The number of ether oxygens (including phenoxy) is 1. The zero-order valence-electron chi connectivity index (χ0n) is 15.4. The number of unbranched alkanes of at least 4 members (excludes halogenated alkanes) is 1. The van der Waals surface area contributed by atoms with E-state index >= 15 is 0 Å². The second-order valence-electron chi connectivity index (χ2n) is 6.05. The molecule has 1 aliphatic rings. The van der Waals surface area contributed by atoms with Gasteiger partial charge in [0.2, 0.25) is 5.91 Å². The highest BCUT2D eigenvalue weighted by Gasteiger charge is 2.44. The monoisotopic (exact) mass is 375 g/mol. The Morgan fingerprint density at radius 1 is 1.11 bits per heavy atom. The Balaban J connectivity index is 2.10. The lowest BCUT2D eigenvalue weighted by Crippen LogP contribution is -2.39. The number of carbonyl (C=O) groups is 5. The molecule has 1 aromatic rings. The number of nitrogens with zero attached hydrogens (tertiary/aromatic N) is 2. The first-order valence-electron chi connectivity index (χ1n) is 8.46. The molecule has 1 heterocycles. The van der Waals surface area contributed by atoms with Crippen molar-refractivity contribution in [2.24, 2.45) is 0 Å². The minimum absolute atomic E-state index is 0.137. The van der Waals surface area contributed by atoms with Crippen LogP contribution in [0.1, 0.15) is 35.7 Å². The molecule has 0 unspecified atom stereocenters.